The fourth-order valence-electron chi connectivity index (χ4n) is 2.07. The molecule has 0 aliphatic rings. The molecule has 2 aromatic carbocycles. The Kier molecular flexibility index (Phi) is 4.40. The monoisotopic (exact) mass is 352 g/mol. The predicted molar refractivity (Wildman–Crippen MR) is 83.5 cm³/mol. The van der Waals surface area contributed by atoms with Crippen LogP contribution in [0.4, 0.5) is 0 Å². The number of hydrogen-bond acceptors (Lipinski definition) is 1. The highest BCUT2D eigenvalue weighted by Crippen LogP contribution is 2.29. The van der Waals surface area contributed by atoms with Gasteiger partial charge in [0, 0.05) is 3.57 Å². The Balaban J connectivity index is 2.11. The first-order valence-electron chi connectivity index (χ1n) is 6.11. The van der Waals surface area contributed by atoms with Crippen LogP contribution in [0.5, 0.6) is 0 Å². The van der Waals surface area contributed by atoms with Crippen LogP contribution >= 0.6 is 22.6 Å². The molecular weight excluding hydrogens is 335 g/mol. The van der Waals surface area contributed by atoms with Gasteiger partial charge < -0.3 is 5.11 Å². The highest BCUT2D eigenvalue weighted by atomic mass is 127. The van der Waals surface area contributed by atoms with E-state index in [9.17, 15) is 5.11 Å². The second-order valence-corrected chi connectivity index (χ2v) is 5.90. The first-order valence-corrected chi connectivity index (χ1v) is 7.19. The van der Waals surface area contributed by atoms with Gasteiger partial charge in [-0.2, -0.15) is 0 Å². The standard InChI is InChI=1S/C16H17IO/c1-16(18,14-9-5-6-10-15(14)17)12-11-13-7-3-2-4-8-13/h2-10,18H,11-12H2,1H3. The molecule has 0 spiro atoms. The summed E-state index contributed by atoms with van der Waals surface area (Å²) in [7, 11) is 0. The molecule has 0 saturated carbocycles. The minimum absolute atomic E-state index is 0.733. The lowest BCUT2D eigenvalue weighted by atomic mass is 9.89. The van der Waals surface area contributed by atoms with Crippen molar-refractivity contribution in [3.05, 3.63) is 69.3 Å². The maximum absolute atomic E-state index is 10.6. The summed E-state index contributed by atoms with van der Waals surface area (Å²) < 4.78 is 1.12. The molecule has 0 saturated heterocycles. The summed E-state index contributed by atoms with van der Waals surface area (Å²) in [5.74, 6) is 0. The predicted octanol–water partition coefficient (Wildman–Crippen LogP) is 4.13. The smallest absolute Gasteiger partial charge is 0.0881 e. The first-order chi connectivity index (χ1) is 8.59. The Morgan fingerprint density at radius 3 is 2.28 bits per heavy atom. The molecule has 2 heteroatoms. The minimum atomic E-state index is -0.770. The van der Waals surface area contributed by atoms with Crippen molar-refractivity contribution < 1.29 is 5.11 Å². The molecule has 0 fully saturated rings. The van der Waals surface area contributed by atoms with Gasteiger partial charge in [-0.15, -0.1) is 0 Å². The van der Waals surface area contributed by atoms with E-state index < -0.39 is 5.60 Å². The average molecular weight is 352 g/mol. The highest BCUT2D eigenvalue weighted by Gasteiger charge is 2.24. The maximum Gasteiger partial charge on any atom is 0.0881 e. The van der Waals surface area contributed by atoms with Crippen molar-refractivity contribution in [3.63, 3.8) is 0 Å². The average Bonchev–Trinajstić information content (AvgIpc) is 2.38. The summed E-state index contributed by atoms with van der Waals surface area (Å²) >= 11 is 2.28. The van der Waals surface area contributed by atoms with Crippen molar-refractivity contribution in [2.24, 2.45) is 0 Å². The molecule has 2 rings (SSSR count). The normalized spacial score (nSPS) is 14.2. The molecule has 0 aliphatic carbocycles. The van der Waals surface area contributed by atoms with Crippen LogP contribution in [0.2, 0.25) is 0 Å². The van der Waals surface area contributed by atoms with E-state index in [1.54, 1.807) is 0 Å². The van der Waals surface area contributed by atoms with Crippen LogP contribution in [-0.2, 0) is 12.0 Å². The number of aryl methyl sites for hydroxylation is 1. The summed E-state index contributed by atoms with van der Waals surface area (Å²) in [5.41, 5.74) is 1.51. The number of halogens is 1. The van der Waals surface area contributed by atoms with Crippen molar-refractivity contribution in [2.75, 3.05) is 0 Å². The molecule has 0 aromatic heterocycles. The zero-order valence-electron chi connectivity index (χ0n) is 10.4. The third-order valence-electron chi connectivity index (χ3n) is 3.20. The van der Waals surface area contributed by atoms with Gasteiger partial charge >= 0.3 is 0 Å². The van der Waals surface area contributed by atoms with E-state index >= 15 is 0 Å². The molecule has 0 amide bonds. The number of hydrogen-bond donors (Lipinski definition) is 1. The zero-order chi connectivity index (χ0) is 13.0. The Labute approximate surface area is 122 Å². The molecule has 0 aliphatic heterocycles. The molecule has 2 aromatic rings. The molecule has 1 atom stereocenters. The molecule has 0 bridgehead atoms. The Morgan fingerprint density at radius 1 is 1.00 bits per heavy atom. The van der Waals surface area contributed by atoms with E-state index in [4.69, 9.17) is 0 Å². The zero-order valence-corrected chi connectivity index (χ0v) is 12.6. The van der Waals surface area contributed by atoms with Gasteiger partial charge in [-0.1, -0.05) is 48.5 Å². The van der Waals surface area contributed by atoms with Crippen LogP contribution in [0.15, 0.2) is 54.6 Å². The van der Waals surface area contributed by atoms with Crippen molar-refractivity contribution in [3.8, 4) is 0 Å². The largest absolute Gasteiger partial charge is 0.385 e. The van der Waals surface area contributed by atoms with E-state index in [0.717, 1.165) is 22.0 Å². The van der Waals surface area contributed by atoms with E-state index in [0.29, 0.717) is 0 Å². The lowest BCUT2D eigenvalue weighted by molar-refractivity contribution is 0.0472. The van der Waals surface area contributed by atoms with Crippen molar-refractivity contribution in [2.45, 2.75) is 25.4 Å². The van der Waals surface area contributed by atoms with Crippen molar-refractivity contribution >= 4 is 22.6 Å². The van der Waals surface area contributed by atoms with Gasteiger partial charge in [-0.05, 0) is 59.5 Å². The fraction of sp³-hybridized carbons (Fsp3) is 0.250. The van der Waals surface area contributed by atoms with Crippen LogP contribution in [-0.4, -0.2) is 5.11 Å². The van der Waals surface area contributed by atoms with E-state index in [2.05, 4.69) is 34.7 Å². The van der Waals surface area contributed by atoms with Gasteiger partial charge in [-0.25, -0.2) is 0 Å². The third kappa shape index (κ3) is 3.33. The van der Waals surface area contributed by atoms with E-state index in [-0.39, 0.29) is 0 Å². The quantitative estimate of drug-likeness (QED) is 0.821. The molecular formula is C16H17IO. The van der Waals surface area contributed by atoms with Crippen molar-refractivity contribution in [1.29, 1.82) is 0 Å². The van der Waals surface area contributed by atoms with Gasteiger partial charge in [0.05, 0.1) is 5.60 Å². The summed E-state index contributed by atoms with van der Waals surface area (Å²) in [4.78, 5) is 0. The SMILES string of the molecule is CC(O)(CCc1ccccc1)c1ccccc1I. The molecule has 1 N–H and O–H groups in total. The summed E-state index contributed by atoms with van der Waals surface area (Å²) in [6.07, 6.45) is 1.62. The summed E-state index contributed by atoms with van der Waals surface area (Å²) in [6, 6.07) is 18.3. The van der Waals surface area contributed by atoms with E-state index in [1.807, 2.05) is 49.4 Å². The first kappa shape index (κ1) is 13.6. The van der Waals surface area contributed by atoms with Gasteiger partial charge in [0.15, 0.2) is 0 Å². The lowest BCUT2D eigenvalue weighted by Crippen LogP contribution is -2.23. The molecule has 94 valence electrons. The second kappa shape index (κ2) is 5.85. The minimum Gasteiger partial charge on any atom is -0.385 e. The molecule has 0 radical (unpaired) electrons. The molecule has 1 unspecified atom stereocenters. The highest BCUT2D eigenvalue weighted by molar-refractivity contribution is 14.1. The van der Waals surface area contributed by atoms with Gasteiger partial charge in [-0.3, -0.25) is 0 Å². The van der Waals surface area contributed by atoms with Crippen LogP contribution in [0.25, 0.3) is 0 Å². The summed E-state index contributed by atoms with van der Waals surface area (Å²) in [5, 5.41) is 10.6. The van der Waals surface area contributed by atoms with Crippen LogP contribution < -0.4 is 0 Å². The second-order valence-electron chi connectivity index (χ2n) is 4.74. The van der Waals surface area contributed by atoms with Gasteiger partial charge in [0.25, 0.3) is 0 Å². The van der Waals surface area contributed by atoms with E-state index in [1.165, 1.54) is 5.56 Å². The van der Waals surface area contributed by atoms with Crippen LogP contribution in [0.1, 0.15) is 24.5 Å². The Morgan fingerprint density at radius 2 is 1.61 bits per heavy atom. The molecule has 1 nitrogen and oxygen atoms in total. The fourth-order valence-corrected chi connectivity index (χ4v) is 3.03. The Hall–Kier alpha value is -0.870. The summed E-state index contributed by atoms with van der Waals surface area (Å²) in [6.45, 7) is 1.90. The van der Waals surface area contributed by atoms with Gasteiger partial charge in [0.2, 0.25) is 0 Å². The molecule has 0 heterocycles. The number of aliphatic hydroxyl groups is 1. The molecule has 18 heavy (non-hydrogen) atoms. The lowest BCUT2D eigenvalue weighted by Gasteiger charge is -2.25. The van der Waals surface area contributed by atoms with Crippen molar-refractivity contribution in [1.82, 2.24) is 0 Å². The van der Waals surface area contributed by atoms with Gasteiger partial charge in [0.1, 0.15) is 0 Å². The number of rotatable bonds is 4. The van der Waals surface area contributed by atoms with Crippen LogP contribution in [0, 0.1) is 3.57 Å². The number of benzene rings is 2. The van der Waals surface area contributed by atoms with Crippen LogP contribution in [0.3, 0.4) is 0 Å². The topological polar surface area (TPSA) is 20.2 Å². The third-order valence-corrected chi connectivity index (χ3v) is 4.14. The Bertz CT molecular complexity index is 506. The maximum atomic E-state index is 10.6.